The minimum absolute atomic E-state index is 0.0140. The molecule has 19 heteroatoms. The normalized spacial score (nSPS) is 27.2. The van der Waals surface area contributed by atoms with Crippen molar-refractivity contribution in [1.29, 1.82) is 0 Å². The number of nitrogens with zero attached hydrogens (tertiary/aromatic N) is 9. The topological polar surface area (TPSA) is 189 Å². The number of imide groups is 1. The summed E-state index contributed by atoms with van der Waals surface area (Å²) < 4.78 is 47.1. The molecule has 4 aliphatic heterocycles. The first-order valence-corrected chi connectivity index (χ1v) is 23.6. The maximum Gasteiger partial charge on any atom is 0.329 e. The molecule has 6 atom stereocenters. The number of benzene rings is 2. The van der Waals surface area contributed by atoms with Crippen LogP contribution in [0.1, 0.15) is 82.4 Å². The first-order valence-electron chi connectivity index (χ1n) is 22.2. The summed E-state index contributed by atoms with van der Waals surface area (Å²) in [6.07, 6.45) is 4.40. The molecule has 0 bridgehead atoms. The van der Waals surface area contributed by atoms with Crippen molar-refractivity contribution < 1.29 is 32.3 Å². The number of amides is 4. The lowest BCUT2D eigenvalue weighted by Gasteiger charge is -2.44. The first-order chi connectivity index (χ1) is 30.2. The van der Waals surface area contributed by atoms with Gasteiger partial charge in [0.2, 0.25) is 27.8 Å². The maximum absolute atomic E-state index is 16.0. The highest BCUT2D eigenvalue weighted by atomic mass is 32.2. The largest absolute Gasteiger partial charge is 0.393 e. The number of urea groups is 1. The van der Waals surface area contributed by atoms with E-state index in [1.807, 2.05) is 25.2 Å². The van der Waals surface area contributed by atoms with Gasteiger partial charge in [-0.3, -0.25) is 34.3 Å². The van der Waals surface area contributed by atoms with Crippen LogP contribution in [0.15, 0.2) is 53.6 Å². The second-order valence-corrected chi connectivity index (χ2v) is 20.2. The summed E-state index contributed by atoms with van der Waals surface area (Å²) in [5, 5.41) is 21.3. The Morgan fingerprint density at radius 3 is 2.57 bits per heavy atom. The summed E-state index contributed by atoms with van der Waals surface area (Å²) in [5.74, 6) is 0.981. The van der Waals surface area contributed by atoms with E-state index in [0.29, 0.717) is 24.5 Å². The molecule has 0 unspecified atom stereocenters. The van der Waals surface area contributed by atoms with Gasteiger partial charge in [-0.25, -0.2) is 22.6 Å². The Balaban J connectivity index is 0.779. The van der Waals surface area contributed by atoms with Crippen LogP contribution >= 0.6 is 0 Å². The molecule has 2 aliphatic carbocycles. The van der Waals surface area contributed by atoms with Crippen LogP contribution in [0.4, 0.5) is 32.5 Å². The molecule has 2 aromatic carbocycles. The number of sulfonamides is 1. The Bertz CT molecular complexity index is 2610. The van der Waals surface area contributed by atoms with Crippen molar-refractivity contribution in [3.8, 4) is 0 Å². The molecule has 3 N–H and O–H groups in total. The van der Waals surface area contributed by atoms with Gasteiger partial charge in [-0.05, 0) is 94.7 Å². The van der Waals surface area contributed by atoms with E-state index in [4.69, 9.17) is 4.98 Å². The number of nitrogens with one attached hydrogen (secondary N) is 2. The number of hydrogen-bond donors (Lipinski definition) is 3. The Hall–Kier alpha value is -5.24. The number of aryl methyl sites for hydroxylation is 1. The number of aliphatic hydroxyl groups is 1. The highest BCUT2D eigenvalue weighted by molar-refractivity contribution is 7.89. The van der Waals surface area contributed by atoms with E-state index in [-0.39, 0.29) is 73.3 Å². The predicted molar refractivity (Wildman–Crippen MR) is 234 cm³/mol. The fraction of sp³-hybridized carbons (Fsp3) is 0.545. The summed E-state index contributed by atoms with van der Waals surface area (Å²) in [7, 11) is -2.18. The minimum atomic E-state index is -4.02. The van der Waals surface area contributed by atoms with Gasteiger partial charge in [-0.1, -0.05) is 12.1 Å². The van der Waals surface area contributed by atoms with Gasteiger partial charge in [-0.2, -0.15) is 14.4 Å². The van der Waals surface area contributed by atoms with Crippen LogP contribution in [-0.2, 0) is 32.1 Å². The number of fused-ring (bicyclic) bond motifs is 3. The van der Waals surface area contributed by atoms with E-state index >= 15 is 4.39 Å². The molecular formula is C44H54FN11O6S. The van der Waals surface area contributed by atoms with Crippen molar-refractivity contribution in [2.45, 2.75) is 112 Å². The monoisotopic (exact) mass is 883 g/mol. The number of halogens is 1. The SMILES string of the molecule is C[C@@H]1CN(c2ccc3c(N4CCC(=O)NC4=O)nn(C)c3c2)CCN1[C@@H](C)c1cccc(S(=O)(=O)N2CC[C@H](Nc3ncc4c(n3)N([C@@H]3CCC[C@@H](O)C3)C(=O)C43CC3)[C@H](F)C2)c1. The lowest BCUT2D eigenvalue weighted by atomic mass is 9.92. The quantitative estimate of drug-likeness (QED) is 0.220. The van der Waals surface area contributed by atoms with Crippen LogP contribution in [0.2, 0.25) is 0 Å². The molecule has 17 nitrogen and oxygen atoms in total. The molecule has 6 aliphatic rings. The van der Waals surface area contributed by atoms with Crippen molar-refractivity contribution in [1.82, 2.24) is 34.3 Å². The average Bonchev–Trinajstić information content (AvgIpc) is 3.96. The number of aromatic nitrogens is 4. The molecule has 334 valence electrons. The van der Waals surface area contributed by atoms with Crippen LogP contribution in [0.25, 0.3) is 10.9 Å². The molecule has 1 spiro atoms. The number of aliphatic hydroxyl groups excluding tert-OH is 1. The van der Waals surface area contributed by atoms with Gasteiger partial charge in [0.25, 0.3) is 0 Å². The average molecular weight is 884 g/mol. The van der Waals surface area contributed by atoms with Gasteiger partial charge in [0.05, 0.1) is 28.0 Å². The molecule has 2 aromatic heterocycles. The zero-order valence-corrected chi connectivity index (χ0v) is 36.6. The van der Waals surface area contributed by atoms with E-state index in [9.17, 15) is 27.9 Å². The summed E-state index contributed by atoms with van der Waals surface area (Å²) in [6.45, 7) is 6.50. The number of anilines is 4. The number of hydrogen-bond acceptors (Lipinski definition) is 12. The fourth-order valence-corrected chi connectivity index (χ4v) is 12.1. The van der Waals surface area contributed by atoms with Crippen LogP contribution in [0, 0.1) is 0 Å². The molecule has 0 radical (unpaired) electrons. The fourth-order valence-electron chi connectivity index (χ4n) is 10.6. The lowest BCUT2D eigenvalue weighted by Crippen LogP contribution is -2.52. The predicted octanol–water partition coefficient (Wildman–Crippen LogP) is 3.98. The van der Waals surface area contributed by atoms with Gasteiger partial charge in [-0.15, -0.1) is 0 Å². The van der Waals surface area contributed by atoms with E-state index in [1.54, 1.807) is 34.0 Å². The summed E-state index contributed by atoms with van der Waals surface area (Å²) in [4.78, 5) is 55.3. The number of rotatable bonds is 9. The van der Waals surface area contributed by atoms with Gasteiger partial charge >= 0.3 is 6.03 Å². The Morgan fingerprint density at radius 2 is 1.83 bits per heavy atom. The van der Waals surface area contributed by atoms with Crippen molar-refractivity contribution >= 4 is 62.0 Å². The van der Waals surface area contributed by atoms with Crippen LogP contribution in [0.5, 0.6) is 0 Å². The molecule has 5 fully saturated rings. The van der Waals surface area contributed by atoms with Crippen LogP contribution in [-0.4, -0.2) is 130 Å². The summed E-state index contributed by atoms with van der Waals surface area (Å²) in [5.41, 5.74) is 2.96. The van der Waals surface area contributed by atoms with Gasteiger partial charge in [0.1, 0.15) is 12.0 Å². The third kappa shape index (κ3) is 7.29. The van der Waals surface area contributed by atoms with Gasteiger partial charge < -0.3 is 15.3 Å². The number of carbonyl (C=O) groups excluding carboxylic acids is 3. The van der Waals surface area contributed by atoms with E-state index < -0.39 is 39.8 Å². The van der Waals surface area contributed by atoms with Crippen molar-refractivity contribution in [2.24, 2.45) is 7.05 Å². The van der Waals surface area contributed by atoms with Crippen molar-refractivity contribution in [2.75, 3.05) is 59.3 Å². The lowest BCUT2D eigenvalue weighted by molar-refractivity contribution is -0.121. The van der Waals surface area contributed by atoms with E-state index in [2.05, 4.69) is 50.4 Å². The number of alkyl halides is 1. The van der Waals surface area contributed by atoms with Crippen LogP contribution < -0.4 is 25.3 Å². The number of carbonyl (C=O) groups is 3. The Labute approximate surface area is 365 Å². The Morgan fingerprint density at radius 1 is 1.00 bits per heavy atom. The number of piperidine rings is 1. The maximum atomic E-state index is 16.0. The second kappa shape index (κ2) is 15.8. The van der Waals surface area contributed by atoms with E-state index in [0.717, 1.165) is 73.0 Å². The Kier molecular flexibility index (Phi) is 10.5. The van der Waals surface area contributed by atoms with Crippen molar-refractivity contribution in [3.05, 3.63) is 59.8 Å². The smallest absolute Gasteiger partial charge is 0.329 e. The van der Waals surface area contributed by atoms with Crippen molar-refractivity contribution in [3.63, 3.8) is 0 Å². The van der Waals surface area contributed by atoms with Crippen LogP contribution in [0.3, 0.4) is 0 Å². The third-order valence-electron chi connectivity index (χ3n) is 14.3. The highest BCUT2D eigenvalue weighted by Gasteiger charge is 2.61. The third-order valence-corrected chi connectivity index (χ3v) is 16.2. The molecule has 6 heterocycles. The number of piperazine rings is 1. The molecule has 4 aromatic rings. The molecule has 4 amide bonds. The first kappa shape index (κ1) is 41.8. The zero-order valence-electron chi connectivity index (χ0n) is 35.8. The molecule has 10 rings (SSSR count). The highest BCUT2D eigenvalue weighted by Crippen LogP contribution is 2.57. The zero-order chi connectivity index (χ0) is 43.9. The second-order valence-electron chi connectivity index (χ2n) is 18.3. The van der Waals surface area contributed by atoms with E-state index in [1.165, 1.54) is 9.21 Å². The van der Waals surface area contributed by atoms with Gasteiger partial charge in [0.15, 0.2) is 5.82 Å². The minimum Gasteiger partial charge on any atom is -0.393 e. The standard InChI is InChI=1S/C44H54FN11O6S/c1-26-24-52(29-10-11-33-37(22-29)51(3)50-39(33)55-17-13-38(58)48-43(55)60)18-19-54(26)27(2)28-6-4-9-32(20-28)63(61,62)53-16-12-36(35(45)25-53)47-42-46-23-34-40(49-42)56(41(59)44(34)14-15-44)30-7-5-8-31(57)21-30/h4,6,9-11,20,22-23,26-27,30-31,35-36,57H,5,7-8,12-19,21,24-25H2,1-3H3,(H,46,47,49)(H,48,58,60)/t26-,27+,30-,31-,35-,36+/m1/s1. The molecule has 63 heavy (non-hydrogen) atoms. The summed E-state index contributed by atoms with van der Waals surface area (Å²) >= 11 is 0. The summed E-state index contributed by atoms with van der Waals surface area (Å²) in [6, 6.07) is 11.7. The molecule has 3 saturated heterocycles. The molecule has 2 saturated carbocycles. The van der Waals surface area contributed by atoms with Gasteiger partial charge in [0, 0.05) is 93.7 Å². The molecular weight excluding hydrogens is 830 g/mol.